The zero-order valence-corrected chi connectivity index (χ0v) is 19.0. The lowest BCUT2D eigenvalue weighted by atomic mass is 10.1. The van der Waals surface area contributed by atoms with Gasteiger partial charge in [0.1, 0.15) is 12.4 Å². The van der Waals surface area contributed by atoms with Crippen molar-refractivity contribution in [3.05, 3.63) is 96.6 Å². The quantitative estimate of drug-likeness (QED) is 0.414. The molecule has 170 valence electrons. The summed E-state index contributed by atoms with van der Waals surface area (Å²) in [5, 5.41) is 5.94. The first-order chi connectivity index (χ1) is 16.0. The van der Waals surface area contributed by atoms with Crippen LogP contribution in [0.1, 0.15) is 24.2 Å². The van der Waals surface area contributed by atoms with Gasteiger partial charge in [0, 0.05) is 23.5 Å². The maximum absolute atomic E-state index is 12.9. The van der Waals surface area contributed by atoms with Crippen LogP contribution < -0.4 is 20.3 Å². The van der Waals surface area contributed by atoms with Gasteiger partial charge in [-0.05, 0) is 68.0 Å². The van der Waals surface area contributed by atoms with Crippen LogP contribution in [0.2, 0.25) is 0 Å². The van der Waals surface area contributed by atoms with Crippen LogP contribution in [0.15, 0.2) is 91.0 Å². The van der Waals surface area contributed by atoms with Gasteiger partial charge in [-0.1, -0.05) is 36.9 Å². The summed E-state index contributed by atoms with van der Waals surface area (Å²) in [6, 6.07) is 23.9. The largest absolute Gasteiger partial charge is 0.487 e. The number of anilines is 3. The Hall–Kier alpha value is -4.06. The van der Waals surface area contributed by atoms with E-state index in [-0.39, 0.29) is 18.4 Å². The highest BCUT2D eigenvalue weighted by Gasteiger charge is 2.16. The standard InChI is InChI=1S/C27H29N3O3/c1-4-30(23-10-6-5-7-11-23)27(32)21-14-16-22(17-15-21)29-26(31)18-28-24-12-8-9-13-25(24)33-19-20(2)3/h5-17,28H,2,4,18-19H2,1,3H3,(H,29,31). The van der Waals surface area contributed by atoms with Gasteiger partial charge in [-0.2, -0.15) is 0 Å². The van der Waals surface area contributed by atoms with Gasteiger partial charge in [0.05, 0.1) is 12.2 Å². The van der Waals surface area contributed by atoms with Gasteiger partial charge in [-0.25, -0.2) is 0 Å². The number of para-hydroxylation sites is 3. The molecule has 0 heterocycles. The Morgan fingerprint density at radius 3 is 2.27 bits per heavy atom. The molecule has 3 rings (SSSR count). The van der Waals surface area contributed by atoms with E-state index < -0.39 is 0 Å². The minimum absolute atomic E-state index is 0.0751. The second-order valence-electron chi connectivity index (χ2n) is 7.61. The van der Waals surface area contributed by atoms with Crippen molar-refractivity contribution in [1.82, 2.24) is 0 Å². The molecule has 0 fully saturated rings. The van der Waals surface area contributed by atoms with Gasteiger partial charge in [0.15, 0.2) is 0 Å². The summed E-state index contributed by atoms with van der Waals surface area (Å²) in [7, 11) is 0. The van der Waals surface area contributed by atoms with Crippen molar-refractivity contribution >= 4 is 28.9 Å². The lowest BCUT2D eigenvalue weighted by Crippen LogP contribution is -2.30. The van der Waals surface area contributed by atoms with Crippen molar-refractivity contribution in [2.75, 3.05) is 35.2 Å². The summed E-state index contributed by atoms with van der Waals surface area (Å²) in [5.74, 6) is 0.368. The van der Waals surface area contributed by atoms with E-state index in [9.17, 15) is 9.59 Å². The van der Waals surface area contributed by atoms with E-state index in [1.54, 1.807) is 29.2 Å². The molecule has 2 amide bonds. The molecule has 3 aromatic rings. The van der Waals surface area contributed by atoms with Gasteiger partial charge >= 0.3 is 0 Å². The molecule has 0 aromatic heterocycles. The van der Waals surface area contributed by atoms with Gasteiger partial charge in [-0.3, -0.25) is 9.59 Å². The number of carbonyl (C=O) groups excluding carboxylic acids is 2. The molecule has 33 heavy (non-hydrogen) atoms. The Kier molecular flexibility index (Phi) is 8.24. The molecule has 0 radical (unpaired) electrons. The number of hydrogen-bond acceptors (Lipinski definition) is 4. The molecule has 0 aliphatic rings. The first kappa shape index (κ1) is 23.6. The van der Waals surface area contributed by atoms with E-state index in [1.807, 2.05) is 68.4 Å². The molecule has 0 spiro atoms. The summed E-state index contributed by atoms with van der Waals surface area (Å²) < 4.78 is 5.72. The topological polar surface area (TPSA) is 70.7 Å². The van der Waals surface area contributed by atoms with Crippen LogP contribution >= 0.6 is 0 Å². The van der Waals surface area contributed by atoms with Gasteiger partial charge < -0.3 is 20.3 Å². The average Bonchev–Trinajstić information content (AvgIpc) is 2.83. The van der Waals surface area contributed by atoms with Crippen LogP contribution in [-0.4, -0.2) is 31.5 Å². The Bertz CT molecular complexity index is 1100. The summed E-state index contributed by atoms with van der Waals surface area (Å²) in [4.78, 5) is 27.0. The third kappa shape index (κ3) is 6.71. The van der Waals surface area contributed by atoms with Crippen molar-refractivity contribution in [3.63, 3.8) is 0 Å². The van der Waals surface area contributed by atoms with Crippen molar-refractivity contribution in [1.29, 1.82) is 0 Å². The van der Waals surface area contributed by atoms with E-state index in [0.717, 1.165) is 16.9 Å². The summed E-state index contributed by atoms with van der Waals surface area (Å²) in [6.45, 7) is 8.71. The summed E-state index contributed by atoms with van der Waals surface area (Å²) in [6.07, 6.45) is 0. The second kappa shape index (κ2) is 11.5. The van der Waals surface area contributed by atoms with Crippen LogP contribution in [0.5, 0.6) is 5.75 Å². The third-order valence-electron chi connectivity index (χ3n) is 4.85. The zero-order valence-electron chi connectivity index (χ0n) is 19.0. The molecule has 0 unspecified atom stereocenters. The molecule has 0 aliphatic heterocycles. The Labute approximate surface area is 194 Å². The molecule has 6 nitrogen and oxygen atoms in total. The van der Waals surface area contributed by atoms with Crippen molar-refractivity contribution in [3.8, 4) is 5.75 Å². The Balaban J connectivity index is 1.57. The molecular formula is C27H29N3O3. The van der Waals surface area contributed by atoms with Crippen molar-refractivity contribution < 1.29 is 14.3 Å². The molecule has 0 atom stereocenters. The minimum atomic E-state index is -0.205. The minimum Gasteiger partial charge on any atom is -0.487 e. The van der Waals surface area contributed by atoms with Gasteiger partial charge in [-0.15, -0.1) is 0 Å². The number of rotatable bonds is 10. The monoisotopic (exact) mass is 443 g/mol. The number of amides is 2. The highest BCUT2D eigenvalue weighted by atomic mass is 16.5. The number of carbonyl (C=O) groups is 2. The smallest absolute Gasteiger partial charge is 0.258 e. The predicted octanol–water partition coefficient (Wildman–Crippen LogP) is 5.36. The van der Waals surface area contributed by atoms with Crippen molar-refractivity contribution in [2.24, 2.45) is 0 Å². The first-order valence-electron chi connectivity index (χ1n) is 10.8. The number of ether oxygens (including phenoxy) is 1. The van der Waals surface area contributed by atoms with E-state index in [4.69, 9.17) is 4.74 Å². The van der Waals surface area contributed by atoms with Crippen LogP contribution in [-0.2, 0) is 4.79 Å². The Morgan fingerprint density at radius 2 is 1.61 bits per heavy atom. The average molecular weight is 444 g/mol. The van der Waals surface area contributed by atoms with Gasteiger partial charge in [0.2, 0.25) is 5.91 Å². The number of nitrogens with zero attached hydrogens (tertiary/aromatic N) is 1. The predicted molar refractivity (Wildman–Crippen MR) is 134 cm³/mol. The van der Waals surface area contributed by atoms with E-state index in [2.05, 4.69) is 17.2 Å². The van der Waals surface area contributed by atoms with E-state index >= 15 is 0 Å². The van der Waals surface area contributed by atoms with Crippen LogP contribution in [0.3, 0.4) is 0 Å². The SMILES string of the molecule is C=C(C)COc1ccccc1NCC(=O)Nc1ccc(C(=O)N(CC)c2ccccc2)cc1. The maximum atomic E-state index is 12.9. The lowest BCUT2D eigenvalue weighted by molar-refractivity contribution is -0.114. The first-order valence-corrected chi connectivity index (χ1v) is 10.8. The third-order valence-corrected chi connectivity index (χ3v) is 4.85. The summed E-state index contributed by atoms with van der Waals surface area (Å²) in [5.41, 5.74) is 3.67. The maximum Gasteiger partial charge on any atom is 0.258 e. The number of benzene rings is 3. The molecule has 0 aliphatic carbocycles. The fourth-order valence-electron chi connectivity index (χ4n) is 3.22. The molecule has 6 heteroatoms. The normalized spacial score (nSPS) is 10.2. The highest BCUT2D eigenvalue weighted by molar-refractivity contribution is 6.06. The molecule has 0 bridgehead atoms. The second-order valence-corrected chi connectivity index (χ2v) is 7.61. The highest BCUT2D eigenvalue weighted by Crippen LogP contribution is 2.24. The zero-order chi connectivity index (χ0) is 23.6. The lowest BCUT2D eigenvalue weighted by Gasteiger charge is -2.21. The van der Waals surface area contributed by atoms with Gasteiger partial charge in [0.25, 0.3) is 5.91 Å². The van der Waals surface area contributed by atoms with E-state index in [0.29, 0.717) is 30.2 Å². The molecule has 0 saturated carbocycles. The number of hydrogen-bond donors (Lipinski definition) is 2. The fraction of sp³-hybridized carbons (Fsp3) is 0.185. The summed E-state index contributed by atoms with van der Waals surface area (Å²) >= 11 is 0. The van der Waals surface area contributed by atoms with Crippen LogP contribution in [0.4, 0.5) is 17.1 Å². The fourth-order valence-corrected chi connectivity index (χ4v) is 3.22. The molecule has 2 N–H and O–H groups in total. The molecular weight excluding hydrogens is 414 g/mol. The van der Waals surface area contributed by atoms with E-state index in [1.165, 1.54) is 0 Å². The van der Waals surface area contributed by atoms with Crippen LogP contribution in [0, 0.1) is 0 Å². The van der Waals surface area contributed by atoms with Crippen molar-refractivity contribution in [2.45, 2.75) is 13.8 Å². The van der Waals surface area contributed by atoms with Crippen LogP contribution in [0.25, 0.3) is 0 Å². The molecule has 3 aromatic carbocycles. The Morgan fingerprint density at radius 1 is 0.939 bits per heavy atom. The number of nitrogens with one attached hydrogen (secondary N) is 2. The molecule has 0 saturated heterocycles.